The van der Waals surface area contributed by atoms with E-state index in [-0.39, 0.29) is 23.7 Å². The number of carbonyl (C=O) groups is 2. The summed E-state index contributed by atoms with van der Waals surface area (Å²) in [6.07, 6.45) is 1.83. The van der Waals surface area contributed by atoms with Crippen LogP contribution in [-0.2, 0) is 9.59 Å². The maximum atomic E-state index is 11.3. The molecular weight excluding hydrogens is 182 g/mol. The molecule has 80 valence electrons. The molecule has 1 rings (SSSR count). The quantitative estimate of drug-likeness (QED) is 0.537. The molecule has 1 atom stereocenters. The van der Waals surface area contributed by atoms with Gasteiger partial charge in [0.25, 0.3) is 5.91 Å². The lowest BCUT2D eigenvalue weighted by Crippen LogP contribution is -2.51. The van der Waals surface area contributed by atoms with Crippen molar-refractivity contribution in [3.8, 4) is 0 Å². The van der Waals surface area contributed by atoms with Gasteiger partial charge in [0.2, 0.25) is 5.91 Å². The summed E-state index contributed by atoms with van der Waals surface area (Å²) >= 11 is 0. The Morgan fingerprint density at radius 3 is 2.29 bits per heavy atom. The van der Waals surface area contributed by atoms with Crippen LogP contribution in [-0.4, -0.2) is 17.9 Å². The number of hydrogen-bond donors (Lipinski definition) is 3. The molecule has 0 aliphatic heterocycles. The van der Waals surface area contributed by atoms with Crippen molar-refractivity contribution in [2.24, 2.45) is 17.6 Å². The molecule has 1 saturated carbocycles. The molecule has 0 spiro atoms. The predicted molar refractivity (Wildman–Crippen MR) is 51.8 cm³/mol. The van der Waals surface area contributed by atoms with E-state index in [0.717, 1.165) is 12.8 Å². The fourth-order valence-electron chi connectivity index (χ4n) is 0.957. The molecule has 5 nitrogen and oxygen atoms in total. The van der Waals surface area contributed by atoms with Crippen molar-refractivity contribution in [3.05, 3.63) is 0 Å². The summed E-state index contributed by atoms with van der Waals surface area (Å²) < 4.78 is 0. The highest BCUT2D eigenvalue weighted by Crippen LogP contribution is 2.28. The van der Waals surface area contributed by atoms with Crippen molar-refractivity contribution in [1.29, 1.82) is 0 Å². The van der Waals surface area contributed by atoms with Gasteiger partial charge in [-0.25, -0.2) is 0 Å². The highest BCUT2D eigenvalue weighted by Gasteiger charge is 2.30. The second-order valence-electron chi connectivity index (χ2n) is 4.02. The molecule has 0 aromatic rings. The van der Waals surface area contributed by atoms with E-state index in [4.69, 9.17) is 5.73 Å². The SMILES string of the molecule is CC(C)C(N)C(=O)NNC(=O)C1CC1. The zero-order valence-electron chi connectivity index (χ0n) is 8.54. The normalized spacial score (nSPS) is 17.7. The van der Waals surface area contributed by atoms with Crippen LogP contribution in [0.25, 0.3) is 0 Å². The first kappa shape index (κ1) is 11.0. The van der Waals surface area contributed by atoms with Crippen molar-refractivity contribution in [3.63, 3.8) is 0 Å². The number of amides is 2. The van der Waals surface area contributed by atoms with E-state index in [9.17, 15) is 9.59 Å². The largest absolute Gasteiger partial charge is 0.320 e. The molecule has 2 amide bonds. The lowest BCUT2D eigenvalue weighted by molar-refractivity contribution is -0.130. The van der Waals surface area contributed by atoms with Crippen molar-refractivity contribution in [1.82, 2.24) is 10.9 Å². The second kappa shape index (κ2) is 4.41. The van der Waals surface area contributed by atoms with Gasteiger partial charge in [-0.2, -0.15) is 0 Å². The predicted octanol–water partition coefficient (Wildman–Crippen LogP) is -0.473. The minimum Gasteiger partial charge on any atom is -0.320 e. The van der Waals surface area contributed by atoms with Gasteiger partial charge in [-0.3, -0.25) is 20.4 Å². The third-order valence-electron chi connectivity index (χ3n) is 2.28. The lowest BCUT2D eigenvalue weighted by Gasteiger charge is -2.15. The summed E-state index contributed by atoms with van der Waals surface area (Å²) in [6.45, 7) is 3.71. The van der Waals surface area contributed by atoms with Crippen molar-refractivity contribution in [2.75, 3.05) is 0 Å². The first-order valence-electron chi connectivity index (χ1n) is 4.87. The summed E-state index contributed by atoms with van der Waals surface area (Å²) in [6, 6.07) is -0.575. The van der Waals surface area contributed by atoms with E-state index in [1.54, 1.807) is 0 Å². The second-order valence-corrected chi connectivity index (χ2v) is 4.02. The van der Waals surface area contributed by atoms with Crippen molar-refractivity contribution in [2.45, 2.75) is 32.7 Å². The molecule has 1 aliphatic rings. The molecule has 0 bridgehead atoms. The molecule has 1 fully saturated rings. The van der Waals surface area contributed by atoms with Gasteiger partial charge < -0.3 is 5.73 Å². The summed E-state index contributed by atoms with van der Waals surface area (Å²) in [5.41, 5.74) is 10.3. The number of rotatable bonds is 3. The van der Waals surface area contributed by atoms with Gasteiger partial charge in [0.1, 0.15) is 0 Å². The van der Waals surface area contributed by atoms with Gasteiger partial charge >= 0.3 is 0 Å². The van der Waals surface area contributed by atoms with Gasteiger partial charge in [-0.05, 0) is 18.8 Å². The Hall–Kier alpha value is -1.10. The van der Waals surface area contributed by atoms with Gasteiger partial charge in [-0.15, -0.1) is 0 Å². The molecule has 0 saturated heterocycles. The standard InChI is InChI=1S/C9H17N3O2/c1-5(2)7(10)9(14)12-11-8(13)6-3-4-6/h5-7H,3-4,10H2,1-2H3,(H,11,13)(H,12,14). The van der Waals surface area contributed by atoms with E-state index < -0.39 is 6.04 Å². The topological polar surface area (TPSA) is 84.2 Å². The fraction of sp³-hybridized carbons (Fsp3) is 0.778. The van der Waals surface area contributed by atoms with E-state index in [1.807, 2.05) is 13.8 Å². The molecule has 1 aliphatic carbocycles. The van der Waals surface area contributed by atoms with Gasteiger partial charge in [0.05, 0.1) is 6.04 Å². The lowest BCUT2D eigenvalue weighted by atomic mass is 10.1. The highest BCUT2D eigenvalue weighted by atomic mass is 16.2. The van der Waals surface area contributed by atoms with Crippen molar-refractivity contribution < 1.29 is 9.59 Å². The van der Waals surface area contributed by atoms with E-state index in [1.165, 1.54) is 0 Å². The van der Waals surface area contributed by atoms with Crippen LogP contribution in [0, 0.1) is 11.8 Å². The first-order chi connectivity index (χ1) is 6.52. The minimum atomic E-state index is -0.575. The van der Waals surface area contributed by atoms with Crippen LogP contribution in [0.3, 0.4) is 0 Å². The molecule has 0 radical (unpaired) electrons. The maximum absolute atomic E-state index is 11.3. The van der Waals surface area contributed by atoms with Gasteiger partial charge in [0.15, 0.2) is 0 Å². The van der Waals surface area contributed by atoms with Gasteiger partial charge in [0, 0.05) is 5.92 Å². The highest BCUT2D eigenvalue weighted by molar-refractivity contribution is 5.86. The Morgan fingerprint density at radius 1 is 1.29 bits per heavy atom. The average Bonchev–Trinajstić information content (AvgIpc) is 2.95. The van der Waals surface area contributed by atoms with Crippen LogP contribution in [0.2, 0.25) is 0 Å². The Morgan fingerprint density at radius 2 is 1.86 bits per heavy atom. The smallest absolute Gasteiger partial charge is 0.255 e. The third-order valence-corrected chi connectivity index (χ3v) is 2.28. The number of carbonyl (C=O) groups excluding carboxylic acids is 2. The Labute approximate surface area is 83.4 Å². The number of nitrogens with two attached hydrogens (primary N) is 1. The minimum absolute atomic E-state index is 0.0628. The molecule has 1 unspecified atom stereocenters. The Kier molecular flexibility index (Phi) is 3.46. The van der Waals surface area contributed by atoms with Crippen LogP contribution in [0.4, 0.5) is 0 Å². The van der Waals surface area contributed by atoms with Crippen LogP contribution >= 0.6 is 0 Å². The van der Waals surface area contributed by atoms with E-state index in [2.05, 4.69) is 10.9 Å². The molecule has 0 heterocycles. The van der Waals surface area contributed by atoms with Gasteiger partial charge in [-0.1, -0.05) is 13.8 Å². The van der Waals surface area contributed by atoms with Crippen LogP contribution in [0.15, 0.2) is 0 Å². The molecule has 14 heavy (non-hydrogen) atoms. The van der Waals surface area contributed by atoms with Crippen LogP contribution < -0.4 is 16.6 Å². The number of nitrogens with one attached hydrogen (secondary N) is 2. The molecule has 5 heteroatoms. The monoisotopic (exact) mass is 199 g/mol. The summed E-state index contributed by atoms with van der Waals surface area (Å²) in [7, 11) is 0. The molecular formula is C9H17N3O2. The molecule has 0 aromatic heterocycles. The third kappa shape index (κ3) is 2.99. The Balaban J connectivity index is 2.23. The molecule has 4 N–H and O–H groups in total. The van der Waals surface area contributed by atoms with E-state index in [0.29, 0.717) is 0 Å². The first-order valence-corrected chi connectivity index (χ1v) is 4.87. The zero-order chi connectivity index (χ0) is 10.7. The number of hydrazine groups is 1. The van der Waals surface area contributed by atoms with Crippen LogP contribution in [0.1, 0.15) is 26.7 Å². The summed E-state index contributed by atoms with van der Waals surface area (Å²) in [5.74, 6) is -0.304. The summed E-state index contributed by atoms with van der Waals surface area (Å²) in [5, 5.41) is 0. The maximum Gasteiger partial charge on any atom is 0.255 e. The van der Waals surface area contributed by atoms with E-state index >= 15 is 0 Å². The fourth-order valence-corrected chi connectivity index (χ4v) is 0.957. The van der Waals surface area contributed by atoms with Crippen LogP contribution in [0.5, 0.6) is 0 Å². The molecule has 0 aromatic carbocycles. The summed E-state index contributed by atoms with van der Waals surface area (Å²) in [4.78, 5) is 22.4. The van der Waals surface area contributed by atoms with Crippen molar-refractivity contribution >= 4 is 11.8 Å². The Bertz CT molecular complexity index is 236. The average molecular weight is 199 g/mol. The number of hydrogen-bond acceptors (Lipinski definition) is 3. The zero-order valence-corrected chi connectivity index (χ0v) is 8.54.